The number of hydrogen-bond acceptors (Lipinski definition) is 7. The van der Waals surface area contributed by atoms with E-state index in [4.69, 9.17) is 8.94 Å². The van der Waals surface area contributed by atoms with Gasteiger partial charge in [-0.15, -0.1) is 0 Å². The van der Waals surface area contributed by atoms with E-state index in [1.54, 1.807) is 0 Å². The maximum absolute atomic E-state index is 12.4. The van der Waals surface area contributed by atoms with Gasteiger partial charge in [0.1, 0.15) is 0 Å². The van der Waals surface area contributed by atoms with Gasteiger partial charge in [-0.05, 0) is 31.7 Å². The fourth-order valence-corrected chi connectivity index (χ4v) is 4.20. The molecule has 2 aliphatic heterocycles. The van der Waals surface area contributed by atoms with Gasteiger partial charge in [-0.1, -0.05) is 19.0 Å². The van der Waals surface area contributed by atoms with Crippen molar-refractivity contribution < 1.29 is 13.7 Å². The summed E-state index contributed by atoms with van der Waals surface area (Å²) in [4.78, 5) is 25.0. The van der Waals surface area contributed by atoms with Crippen LogP contribution in [0.1, 0.15) is 67.3 Å². The quantitative estimate of drug-likeness (QED) is 0.832. The fourth-order valence-electron chi connectivity index (χ4n) is 4.20. The van der Waals surface area contributed by atoms with Gasteiger partial charge in [0.15, 0.2) is 12.2 Å². The van der Waals surface area contributed by atoms with Crippen molar-refractivity contribution in [2.45, 2.75) is 45.1 Å². The molecule has 26 heavy (non-hydrogen) atoms. The molecule has 2 aliphatic rings. The van der Waals surface area contributed by atoms with Crippen LogP contribution >= 0.6 is 0 Å². The smallest absolute Gasteiger partial charge is 0.291 e. The number of oxazole rings is 1. The lowest BCUT2D eigenvalue weighted by Gasteiger charge is -2.38. The van der Waals surface area contributed by atoms with Crippen LogP contribution in [-0.4, -0.2) is 57.5 Å². The maximum atomic E-state index is 12.4. The van der Waals surface area contributed by atoms with Crippen LogP contribution in [0.2, 0.25) is 0 Å². The highest BCUT2D eigenvalue weighted by molar-refractivity contribution is 5.91. The second-order valence-electron chi connectivity index (χ2n) is 7.94. The number of amides is 1. The van der Waals surface area contributed by atoms with E-state index in [-0.39, 0.29) is 23.3 Å². The van der Waals surface area contributed by atoms with Crippen molar-refractivity contribution in [2.24, 2.45) is 5.41 Å². The van der Waals surface area contributed by atoms with Gasteiger partial charge in [-0.3, -0.25) is 9.69 Å². The summed E-state index contributed by atoms with van der Waals surface area (Å²) >= 11 is 0. The monoisotopic (exact) mass is 359 g/mol. The van der Waals surface area contributed by atoms with Gasteiger partial charge in [-0.25, -0.2) is 4.98 Å². The van der Waals surface area contributed by atoms with E-state index in [1.807, 2.05) is 4.90 Å². The van der Waals surface area contributed by atoms with Crippen LogP contribution in [0.3, 0.4) is 0 Å². The van der Waals surface area contributed by atoms with Gasteiger partial charge in [0.05, 0.1) is 12.2 Å². The van der Waals surface area contributed by atoms with Crippen molar-refractivity contribution in [1.82, 2.24) is 24.9 Å². The first-order valence-electron chi connectivity index (χ1n) is 9.19. The van der Waals surface area contributed by atoms with Crippen LogP contribution in [0.4, 0.5) is 0 Å². The molecule has 1 unspecified atom stereocenters. The zero-order chi connectivity index (χ0) is 18.3. The van der Waals surface area contributed by atoms with Gasteiger partial charge in [-0.2, -0.15) is 4.98 Å². The number of carbonyl (C=O) groups is 1. The minimum Gasteiger partial charge on any atom is -0.438 e. The zero-order valence-corrected chi connectivity index (χ0v) is 15.5. The second-order valence-corrected chi connectivity index (χ2v) is 7.94. The molecule has 0 saturated carbocycles. The molecule has 0 radical (unpaired) electrons. The van der Waals surface area contributed by atoms with Crippen LogP contribution in [0.15, 0.2) is 21.5 Å². The summed E-state index contributed by atoms with van der Waals surface area (Å²) in [7, 11) is 2.12. The van der Waals surface area contributed by atoms with Gasteiger partial charge in [0.2, 0.25) is 11.7 Å². The third-order valence-corrected chi connectivity index (χ3v) is 5.75. The van der Waals surface area contributed by atoms with Gasteiger partial charge in [0, 0.05) is 25.6 Å². The Balaban J connectivity index is 1.42. The summed E-state index contributed by atoms with van der Waals surface area (Å²) < 4.78 is 10.5. The second kappa shape index (κ2) is 6.50. The number of piperidine rings is 1. The standard InChI is InChI=1S/C18H25N5O3/c1-12(2)16-20-15(21-26-16)13-8-18(10-22(13)3)4-6-23(7-5-18)17(24)14-9-19-11-25-14/h9,11-13H,4-8,10H2,1-3H3. The van der Waals surface area contributed by atoms with Crippen LogP contribution in [0, 0.1) is 5.41 Å². The van der Waals surface area contributed by atoms with Gasteiger partial charge >= 0.3 is 0 Å². The molecule has 1 amide bonds. The summed E-state index contributed by atoms with van der Waals surface area (Å²) in [5, 5.41) is 4.21. The molecule has 4 heterocycles. The van der Waals surface area contributed by atoms with Crippen molar-refractivity contribution in [3.05, 3.63) is 30.1 Å². The van der Waals surface area contributed by atoms with E-state index in [0.29, 0.717) is 11.7 Å². The number of carbonyl (C=O) groups excluding carboxylic acids is 1. The van der Waals surface area contributed by atoms with E-state index in [0.717, 1.165) is 44.7 Å². The number of hydrogen-bond donors (Lipinski definition) is 0. The first-order chi connectivity index (χ1) is 12.5. The summed E-state index contributed by atoms with van der Waals surface area (Å²) in [6.07, 6.45) is 5.73. The summed E-state index contributed by atoms with van der Waals surface area (Å²) in [6.45, 7) is 6.58. The average Bonchev–Trinajstić information content (AvgIpc) is 3.35. The summed E-state index contributed by atoms with van der Waals surface area (Å²) in [6, 6.07) is 0.183. The van der Waals surface area contributed by atoms with E-state index < -0.39 is 0 Å². The first kappa shape index (κ1) is 17.2. The van der Waals surface area contributed by atoms with Gasteiger partial charge in [0.25, 0.3) is 5.91 Å². The first-order valence-corrected chi connectivity index (χ1v) is 9.19. The highest BCUT2D eigenvalue weighted by atomic mass is 16.5. The Morgan fingerprint density at radius 1 is 1.35 bits per heavy atom. The van der Waals surface area contributed by atoms with Crippen LogP contribution in [-0.2, 0) is 0 Å². The minimum atomic E-state index is -0.0694. The molecular weight excluding hydrogens is 334 g/mol. The van der Waals surface area contributed by atoms with Crippen LogP contribution < -0.4 is 0 Å². The zero-order valence-electron chi connectivity index (χ0n) is 15.5. The van der Waals surface area contributed by atoms with Crippen molar-refractivity contribution in [3.8, 4) is 0 Å². The molecule has 0 aliphatic carbocycles. The molecule has 1 atom stereocenters. The Morgan fingerprint density at radius 2 is 2.12 bits per heavy atom. The predicted molar refractivity (Wildman–Crippen MR) is 92.4 cm³/mol. The molecule has 0 bridgehead atoms. The number of likely N-dealkylation sites (tertiary alicyclic amines) is 2. The molecule has 4 rings (SSSR count). The molecule has 0 N–H and O–H groups in total. The Bertz CT molecular complexity index is 762. The third-order valence-electron chi connectivity index (χ3n) is 5.75. The van der Waals surface area contributed by atoms with E-state index in [1.165, 1.54) is 12.6 Å². The van der Waals surface area contributed by atoms with Crippen LogP contribution in [0.5, 0.6) is 0 Å². The third kappa shape index (κ3) is 3.02. The highest BCUT2D eigenvalue weighted by Crippen LogP contribution is 2.47. The van der Waals surface area contributed by atoms with Crippen molar-refractivity contribution in [3.63, 3.8) is 0 Å². The van der Waals surface area contributed by atoms with Crippen LogP contribution in [0.25, 0.3) is 0 Å². The normalized spacial score (nSPS) is 23.2. The molecule has 2 aromatic heterocycles. The minimum absolute atomic E-state index is 0.0694. The molecule has 8 nitrogen and oxygen atoms in total. The Morgan fingerprint density at radius 3 is 2.73 bits per heavy atom. The van der Waals surface area contributed by atoms with Crippen molar-refractivity contribution in [2.75, 3.05) is 26.7 Å². The predicted octanol–water partition coefficient (Wildman–Crippen LogP) is 2.48. The number of aromatic nitrogens is 3. The van der Waals surface area contributed by atoms with E-state index >= 15 is 0 Å². The largest absolute Gasteiger partial charge is 0.438 e. The van der Waals surface area contributed by atoms with Gasteiger partial charge < -0.3 is 13.8 Å². The molecule has 2 aromatic rings. The molecule has 0 aromatic carbocycles. The summed E-state index contributed by atoms with van der Waals surface area (Å²) in [5.41, 5.74) is 0.205. The SMILES string of the molecule is CC(C)c1nc(C2CC3(CCN(C(=O)c4cnco4)CC3)CN2C)no1. The maximum Gasteiger partial charge on any atom is 0.291 e. The van der Waals surface area contributed by atoms with E-state index in [2.05, 4.69) is 40.9 Å². The van der Waals surface area contributed by atoms with E-state index in [9.17, 15) is 4.79 Å². The molecule has 1 spiro atoms. The molecule has 140 valence electrons. The van der Waals surface area contributed by atoms with Crippen molar-refractivity contribution in [1.29, 1.82) is 0 Å². The molecular formula is C18H25N5O3. The molecule has 8 heteroatoms. The number of nitrogens with zero attached hydrogens (tertiary/aromatic N) is 5. The Labute approximate surface area is 152 Å². The lowest BCUT2D eigenvalue weighted by molar-refractivity contribution is 0.0563. The number of rotatable bonds is 3. The molecule has 2 fully saturated rings. The highest BCUT2D eigenvalue weighted by Gasteiger charge is 2.46. The molecule has 2 saturated heterocycles. The average molecular weight is 359 g/mol. The Kier molecular flexibility index (Phi) is 4.30. The van der Waals surface area contributed by atoms with Crippen molar-refractivity contribution >= 4 is 5.91 Å². The summed E-state index contributed by atoms with van der Waals surface area (Å²) in [5.74, 6) is 1.97. The lowest BCUT2D eigenvalue weighted by atomic mass is 9.76. The fraction of sp³-hybridized carbons (Fsp3) is 0.667. The Hall–Kier alpha value is -2.22. The lowest BCUT2D eigenvalue weighted by Crippen LogP contribution is -2.44. The topological polar surface area (TPSA) is 88.5 Å².